The van der Waals surface area contributed by atoms with Gasteiger partial charge in [-0.3, -0.25) is 4.90 Å². The summed E-state index contributed by atoms with van der Waals surface area (Å²) < 4.78 is 47.9. The average molecular weight is 324 g/mol. The lowest BCUT2D eigenvalue weighted by molar-refractivity contribution is -0.0364. The monoisotopic (exact) mass is 324 g/mol. The molecule has 1 saturated heterocycles. The van der Waals surface area contributed by atoms with Crippen molar-refractivity contribution in [3.63, 3.8) is 0 Å². The van der Waals surface area contributed by atoms with E-state index >= 15 is 0 Å². The molecule has 9 heteroatoms. The van der Waals surface area contributed by atoms with Gasteiger partial charge >= 0.3 is 6.16 Å². The van der Waals surface area contributed by atoms with Gasteiger partial charge in [-0.05, 0) is 20.8 Å². The van der Waals surface area contributed by atoms with Gasteiger partial charge in [0.1, 0.15) is 11.7 Å². The quantitative estimate of drug-likeness (QED) is 0.521. The van der Waals surface area contributed by atoms with Crippen molar-refractivity contribution in [1.29, 1.82) is 0 Å². The van der Waals surface area contributed by atoms with E-state index in [4.69, 9.17) is 14.2 Å². The molecule has 1 fully saturated rings. The van der Waals surface area contributed by atoms with Crippen LogP contribution in [0.3, 0.4) is 0 Å². The van der Waals surface area contributed by atoms with Crippen molar-refractivity contribution >= 4 is 16.3 Å². The number of carbonyl (C=O) groups is 1. The second-order valence-corrected chi connectivity index (χ2v) is 7.29. The molecule has 124 valence electrons. The van der Waals surface area contributed by atoms with Gasteiger partial charge in [0.25, 0.3) is 0 Å². The molecule has 0 radical (unpaired) electrons. The Morgan fingerprint density at radius 3 is 2.38 bits per heavy atom. The lowest BCUT2D eigenvalue weighted by atomic mass is 10.2. The van der Waals surface area contributed by atoms with E-state index in [2.05, 4.69) is 0 Å². The molecule has 21 heavy (non-hydrogen) atoms. The highest BCUT2D eigenvalue weighted by atomic mass is 32.2. The van der Waals surface area contributed by atoms with Crippen LogP contribution in [0.1, 0.15) is 20.8 Å². The predicted molar refractivity (Wildman–Crippen MR) is 72.9 cm³/mol. The van der Waals surface area contributed by atoms with Crippen molar-refractivity contribution < 1.29 is 32.0 Å². The molecule has 1 aliphatic rings. The van der Waals surface area contributed by atoms with Crippen LogP contribution in [0.25, 0.3) is 0 Å². The molecule has 8 nitrogen and oxygen atoms in total. The number of hydrogen-bond acceptors (Lipinski definition) is 8. The second kappa shape index (κ2) is 7.39. The van der Waals surface area contributed by atoms with Gasteiger partial charge in [0.05, 0.1) is 29.1 Å². The zero-order valence-electron chi connectivity index (χ0n) is 12.5. The zero-order chi connectivity index (χ0) is 16.1. The number of hydrogen-bond donors (Lipinski definition) is 0. The summed E-state index contributed by atoms with van der Waals surface area (Å²) in [6.45, 7) is 7.36. The maximum absolute atomic E-state index is 11.6. The van der Waals surface area contributed by atoms with Gasteiger partial charge in [0, 0.05) is 19.6 Å². The first-order valence-electron chi connectivity index (χ1n) is 6.68. The van der Waals surface area contributed by atoms with Crippen molar-refractivity contribution in [2.45, 2.75) is 32.5 Å². The van der Waals surface area contributed by atoms with Crippen LogP contribution in [-0.2, 0) is 24.3 Å². The minimum atomic E-state index is -4.50. The molecule has 0 amide bonds. The minimum Gasteiger partial charge on any atom is -0.748 e. The average Bonchev–Trinajstić information content (AvgIpc) is 2.24. The molecule has 1 unspecified atom stereocenters. The van der Waals surface area contributed by atoms with Crippen molar-refractivity contribution in [2.75, 3.05) is 38.6 Å². The van der Waals surface area contributed by atoms with Gasteiger partial charge in [-0.1, -0.05) is 0 Å². The Labute approximate surface area is 125 Å². The third-order valence-electron chi connectivity index (χ3n) is 2.61. The molecular weight excluding hydrogens is 302 g/mol. The van der Waals surface area contributed by atoms with E-state index in [1.54, 1.807) is 20.8 Å². The number of morpholine rings is 1. The maximum atomic E-state index is 11.6. The first kappa shape index (κ1) is 18.1. The summed E-state index contributed by atoms with van der Waals surface area (Å²) in [6.07, 6.45) is -2.04. The molecule has 0 saturated carbocycles. The maximum Gasteiger partial charge on any atom is 0.509 e. The van der Waals surface area contributed by atoms with Gasteiger partial charge in [0.15, 0.2) is 0 Å². The zero-order valence-corrected chi connectivity index (χ0v) is 13.3. The predicted octanol–water partition coefficient (Wildman–Crippen LogP) is 0.184. The van der Waals surface area contributed by atoms with Crippen LogP contribution in [0.15, 0.2) is 0 Å². The molecule has 0 aromatic rings. The Morgan fingerprint density at radius 2 is 1.90 bits per heavy atom. The molecule has 0 aromatic carbocycles. The van der Waals surface area contributed by atoms with Crippen molar-refractivity contribution in [3.8, 4) is 0 Å². The molecule has 0 aliphatic carbocycles. The number of rotatable bonds is 5. The van der Waals surface area contributed by atoms with Crippen LogP contribution >= 0.6 is 0 Å². The molecule has 0 aromatic heterocycles. The summed E-state index contributed by atoms with van der Waals surface area (Å²) in [5, 5.41) is 0. The molecule has 1 atom stereocenters. The fraction of sp³-hybridized carbons (Fsp3) is 0.917. The third kappa shape index (κ3) is 8.86. The van der Waals surface area contributed by atoms with Crippen LogP contribution in [0.5, 0.6) is 0 Å². The molecule has 0 N–H and O–H groups in total. The van der Waals surface area contributed by atoms with Crippen molar-refractivity contribution in [3.05, 3.63) is 0 Å². The summed E-state index contributed by atoms with van der Waals surface area (Å²) in [5.41, 5.74) is -0.753. The van der Waals surface area contributed by atoms with Gasteiger partial charge in [-0.25, -0.2) is 13.2 Å². The van der Waals surface area contributed by atoms with E-state index in [-0.39, 0.29) is 6.54 Å². The Balaban J connectivity index is 2.61. The van der Waals surface area contributed by atoms with E-state index in [0.717, 1.165) is 0 Å². The highest BCUT2D eigenvalue weighted by molar-refractivity contribution is 7.85. The smallest absolute Gasteiger partial charge is 0.509 e. The van der Waals surface area contributed by atoms with Gasteiger partial charge < -0.3 is 18.8 Å². The van der Waals surface area contributed by atoms with E-state index in [1.807, 2.05) is 4.90 Å². The van der Waals surface area contributed by atoms with Crippen LogP contribution in [0.4, 0.5) is 4.79 Å². The van der Waals surface area contributed by atoms with Gasteiger partial charge in [-0.2, -0.15) is 0 Å². The topological polar surface area (TPSA) is 105 Å². The Morgan fingerprint density at radius 1 is 1.33 bits per heavy atom. The van der Waals surface area contributed by atoms with Gasteiger partial charge in [-0.15, -0.1) is 0 Å². The molecule has 1 heterocycles. The highest BCUT2D eigenvalue weighted by Gasteiger charge is 2.25. The van der Waals surface area contributed by atoms with Crippen molar-refractivity contribution in [2.24, 2.45) is 0 Å². The Bertz CT molecular complexity index is 437. The largest absolute Gasteiger partial charge is 0.748 e. The van der Waals surface area contributed by atoms with E-state index in [9.17, 15) is 17.8 Å². The lowest BCUT2D eigenvalue weighted by Crippen LogP contribution is -2.44. The summed E-state index contributed by atoms with van der Waals surface area (Å²) >= 11 is 0. The number of ether oxygens (including phenoxy) is 3. The first-order chi connectivity index (χ1) is 9.55. The summed E-state index contributed by atoms with van der Waals surface area (Å²) in [6, 6.07) is 0. The fourth-order valence-corrected chi connectivity index (χ4v) is 2.46. The SMILES string of the molecule is CC(C)(C)OC(=O)OC(CN1CCOCC1)CS(=O)(=O)[O-]. The van der Waals surface area contributed by atoms with Crippen molar-refractivity contribution in [1.82, 2.24) is 4.90 Å². The van der Waals surface area contributed by atoms with Crippen LogP contribution in [-0.4, -0.2) is 74.3 Å². The van der Waals surface area contributed by atoms with Crippen LogP contribution in [0.2, 0.25) is 0 Å². The van der Waals surface area contributed by atoms with Crippen LogP contribution in [0, 0.1) is 0 Å². The first-order valence-corrected chi connectivity index (χ1v) is 8.26. The molecule has 1 rings (SSSR count). The fourth-order valence-electron chi connectivity index (χ4n) is 1.83. The summed E-state index contributed by atoms with van der Waals surface area (Å²) in [5.74, 6) is -0.774. The number of carbonyl (C=O) groups excluding carboxylic acids is 1. The Hall–Kier alpha value is -0.900. The molecule has 1 aliphatic heterocycles. The standard InChI is InChI=1S/C12H23NO7S/c1-12(2,3)20-11(14)19-10(9-21(15,16)17)8-13-4-6-18-7-5-13/h10H,4-9H2,1-3H3,(H,15,16,17)/p-1. The minimum absolute atomic E-state index is 0.157. The third-order valence-corrected chi connectivity index (χ3v) is 3.39. The van der Waals surface area contributed by atoms with Gasteiger partial charge in [0.2, 0.25) is 0 Å². The second-order valence-electron chi connectivity index (χ2n) is 5.84. The summed E-state index contributed by atoms with van der Waals surface area (Å²) in [7, 11) is -4.50. The van der Waals surface area contributed by atoms with Crippen LogP contribution < -0.4 is 0 Å². The molecular formula is C12H22NO7S-. The molecule has 0 spiro atoms. The van der Waals surface area contributed by atoms with E-state index in [1.165, 1.54) is 0 Å². The highest BCUT2D eigenvalue weighted by Crippen LogP contribution is 2.11. The summed E-state index contributed by atoms with van der Waals surface area (Å²) in [4.78, 5) is 13.5. The normalized spacial score (nSPS) is 19.0. The van der Waals surface area contributed by atoms with E-state index < -0.39 is 33.7 Å². The molecule has 0 bridgehead atoms. The Kier molecular flexibility index (Phi) is 6.39. The van der Waals surface area contributed by atoms with E-state index in [0.29, 0.717) is 26.3 Å². The number of nitrogens with zero attached hydrogens (tertiary/aromatic N) is 1. The lowest BCUT2D eigenvalue weighted by Gasteiger charge is -2.31.